The molecule has 0 amide bonds. The molecule has 1 rings (SSSR count). The van der Waals surface area contributed by atoms with Crippen LogP contribution < -0.4 is 0 Å². The minimum absolute atomic E-state index is 0.221. The van der Waals surface area contributed by atoms with Crippen LogP contribution in [0.5, 0.6) is 0 Å². The van der Waals surface area contributed by atoms with Crippen LogP contribution in [0.15, 0.2) is 0 Å². The Bertz CT molecular complexity index is 127. The molecule has 0 saturated heterocycles. The molecule has 2 N–H and O–H groups in total. The number of hydrogen-bond donors (Lipinski definition) is 2. The van der Waals surface area contributed by atoms with Gasteiger partial charge in [0, 0.05) is 0 Å². The zero-order valence-electron chi connectivity index (χ0n) is 7.54. The van der Waals surface area contributed by atoms with E-state index in [1.165, 1.54) is 0 Å². The van der Waals surface area contributed by atoms with E-state index in [2.05, 4.69) is 20.8 Å². The lowest BCUT2D eigenvalue weighted by Crippen LogP contribution is -2.18. The van der Waals surface area contributed by atoms with Gasteiger partial charge in [-0.25, -0.2) is 0 Å². The van der Waals surface area contributed by atoms with Crippen LogP contribution in [0.3, 0.4) is 0 Å². The third-order valence-electron chi connectivity index (χ3n) is 2.72. The topological polar surface area (TPSA) is 40.5 Å². The first-order valence-corrected chi connectivity index (χ1v) is 4.27. The highest BCUT2D eigenvalue weighted by atomic mass is 16.3. The molecule has 1 aliphatic rings. The first-order valence-electron chi connectivity index (χ1n) is 4.27. The number of hydrogen-bond acceptors (Lipinski definition) is 2. The maximum atomic E-state index is 9.28. The molecule has 0 unspecified atom stereocenters. The Hall–Kier alpha value is -0.0800. The first-order chi connectivity index (χ1) is 4.91. The molecular weight excluding hydrogens is 140 g/mol. The lowest BCUT2D eigenvalue weighted by molar-refractivity contribution is 0.0438. The molecular formula is C9H18O2. The summed E-state index contributed by atoms with van der Waals surface area (Å²) >= 11 is 0. The number of aliphatic hydroxyl groups is 2. The lowest BCUT2D eigenvalue weighted by atomic mass is 9.80. The van der Waals surface area contributed by atoms with Crippen LogP contribution in [0.25, 0.3) is 0 Å². The van der Waals surface area contributed by atoms with Gasteiger partial charge >= 0.3 is 0 Å². The van der Waals surface area contributed by atoms with Crippen molar-refractivity contribution in [1.29, 1.82) is 0 Å². The third-order valence-corrected chi connectivity index (χ3v) is 2.72. The average molecular weight is 158 g/mol. The van der Waals surface area contributed by atoms with Crippen LogP contribution in [0.4, 0.5) is 0 Å². The van der Waals surface area contributed by atoms with E-state index in [9.17, 15) is 10.2 Å². The fourth-order valence-corrected chi connectivity index (χ4v) is 1.70. The molecule has 1 fully saturated rings. The third kappa shape index (κ3) is 1.94. The second-order valence-electron chi connectivity index (χ2n) is 4.67. The van der Waals surface area contributed by atoms with Gasteiger partial charge in [0.25, 0.3) is 0 Å². The van der Waals surface area contributed by atoms with Crippen molar-refractivity contribution in [2.45, 2.75) is 45.8 Å². The largest absolute Gasteiger partial charge is 0.390 e. The van der Waals surface area contributed by atoms with Crippen molar-refractivity contribution in [1.82, 2.24) is 0 Å². The average Bonchev–Trinajstić information content (AvgIpc) is 2.11. The van der Waals surface area contributed by atoms with Gasteiger partial charge in [-0.3, -0.25) is 0 Å². The summed E-state index contributed by atoms with van der Waals surface area (Å²) in [5.74, 6) is 0.465. The van der Waals surface area contributed by atoms with E-state index in [-0.39, 0.29) is 5.41 Å². The Morgan fingerprint density at radius 3 is 1.55 bits per heavy atom. The van der Waals surface area contributed by atoms with E-state index >= 15 is 0 Å². The van der Waals surface area contributed by atoms with E-state index in [4.69, 9.17) is 0 Å². The zero-order chi connectivity index (χ0) is 8.65. The van der Waals surface area contributed by atoms with Gasteiger partial charge in [0.05, 0.1) is 12.2 Å². The molecule has 1 aliphatic carbocycles. The van der Waals surface area contributed by atoms with Crippen molar-refractivity contribution in [2.75, 3.05) is 0 Å². The summed E-state index contributed by atoms with van der Waals surface area (Å²) in [7, 11) is 0. The smallest absolute Gasteiger partial charge is 0.0802 e. The molecule has 0 aromatic heterocycles. The van der Waals surface area contributed by atoms with Crippen LogP contribution in [-0.2, 0) is 0 Å². The lowest BCUT2D eigenvalue weighted by Gasteiger charge is -2.26. The van der Waals surface area contributed by atoms with Crippen molar-refractivity contribution >= 4 is 0 Å². The summed E-state index contributed by atoms with van der Waals surface area (Å²) in [4.78, 5) is 0. The first kappa shape index (κ1) is 9.01. The van der Waals surface area contributed by atoms with Gasteiger partial charge < -0.3 is 10.2 Å². The zero-order valence-corrected chi connectivity index (χ0v) is 7.54. The Morgan fingerprint density at radius 2 is 1.36 bits per heavy atom. The summed E-state index contributed by atoms with van der Waals surface area (Å²) in [5, 5.41) is 18.6. The predicted molar refractivity (Wildman–Crippen MR) is 44.2 cm³/mol. The normalized spacial score (nSPS) is 34.6. The maximum absolute atomic E-state index is 9.28. The van der Waals surface area contributed by atoms with Gasteiger partial charge in [-0.15, -0.1) is 0 Å². The highest BCUT2D eigenvalue weighted by Crippen LogP contribution is 2.39. The standard InChI is InChI=1S/C9H18O2/c1-9(2,3)6-4-7(10)8(11)5-6/h6-8,10-11H,4-5H2,1-3H3/t7-,8-/m0/s1. The maximum Gasteiger partial charge on any atom is 0.0802 e. The molecule has 0 bridgehead atoms. The fourth-order valence-electron chi connectivity index (χ4n) is 1.70. The monoisotopic (exact) mass is 158 g/mol. The second kappa shape index (κ2) is 2.76. The van der Waals surface area contributed by atoms with Gasteiger partial charge in [-0.2, -0.15) is 0 Å². The Balaban J connectivity index is 2.54. The van der Waals surface area contributed by atoms with Crippen LogP contribution in [0.2, 0.25) is 0 Å². The Kier molecular flexibility index (Phi) is 2.26. The highest BCUT2D eigenvalue weighted by molar-refractivity contribution is 4.88. The summed E-state index contributed by atoms with van der Waals surface area (Å²) in [6.45, 7) is 6.47. The van der Waals surface area contributed by atoms with E-state index in [1.807, 2.05) is 0 Å². The van der Waals surface area contributed by atoms with Gasteiger partial charge in [-0.1, -0.05) is 20.8 Å². The van der Waals surface area contributed by atoms with Gasteiger partial charge in [0.2, 0.25) is 0 Å². The van der Waals surface area contributed by atoms with Crippen LogP contribution >= 0.6 is 0 Å². The molecule has 1 saturated carbocycles. The molecule has 2 atom stereocenters. The molecule has 11 heavy (non-hydrogen) atoms. The Labute approximate surface area is 68.2 Å². The van der Waals surface area contributed by atoms with Crippen LogP contribution in [0.1, 0.15) is 33.6 Å². The number of aliphatic hydroxyl groups excluding tert-OH is 2. The van der Waals surface area contributed by atoms with Crippen molar-refractivity contribution < 1.29 is 10.2 Å². The minimum Gasteiger partial charge on any atom is -0.390 e. The van der Waals surface area contributed by atoms with E-state index in [0.29, 0.717) is 5.92 Å². The predicted octanol–water partition coefficient (Wildman–Crippen LogP) is 1.16. The van der Waals surface area contributed by atoms with Gasteiger partial charge in [0.15, 0.2) is 0 Å². The second-order valence-corrected chi connectivity index (χ2v) is 4.67. The van der Waals surface area contributed by atoms with Crippen LogP contribution in [0, 0.1) is 11.3 Å². The van der Waals surface area contributed by atoms with Gasteiger partial charge in [-0.05, 0) is 24.2 Å². The van der Waals surface area contributed by atoms with E-state index < -0.39 is 12.2 Å². The molecule has 0 aromatic carbocycles. The van der Waals surface area contributed by atoms with E-state index in [1.54, 1.807) is 0 Å². The summed E-state index contributed by atoms with van der Waals surface area (Å²) < 4.78 is 0. The van der Waals surface area contributed by atoms with Crippen molar-refractivity contribution in [3.05, 3.63) is 0 Å². The quantitative estimate of drug-likeness (QED) is 0.555. The number of rotatable bonds is 0. The molecule has 0 heterocycles. The molecule has 0 radical (unpaired) electrons. The van der Waals surface area contributed by atoms with E-state index in [0.717, 1.165) is 12.8 Å². The summed E-state index contributed by atoms with van der Waals surface area (Å²) in [6, 6.07) is 0. The SMILES string of the molecule is CC(C)(C)C1C[C@H](O)[C@@H](O)C1. The highest BCUT2D eigenvalue weighted by Gasteiger charge is 2.37. The Morgan fingerprint density at radius 1 is 1.00 bits per heavy atom. The molecule has 0 aromatic rings. The van der Waals surface area contributed by atoms with Crippen LogP contribution in [-0.4, -0.2) is 22.4 Å². The fraction of sp³-hybridized carbons (Fsp3) is 1.00. The summed E-state index contributed by atoms with van der Waals surface area (Å²) in [6.07, 6.45) is 0.536. The molecule has 2 nitrogen and oxygen atoms in total. The molecule has 0 aliphatic heterocycles. The molecule has 2 heteroatoms. The van der Waals surface area contributed by atoms with Gasteiger partial charge in [0.1, 0.15) is 0 Å². The van der Waals surface area contributed by atoms with Crippen molar-refractivity contribution in [3.8, 4) is 0 Å². The molecule has 0 spiro atoms. The van der Waals surface area contributed by atoms with Crippen molar-refractivity contribution in [3.63, 3.8) is 0 Å². The minimum atomic E-state index is -0.487. The molecule has 66 valence electrons. The van der Waals surface area contributed by atoms with Crippen molar-refractivity contribution in [2.24, 2.45) is 11.3 Å². The summed E-state index contributed by atoms with van der Waals surface area (Å²) in [5.41, 5.74) is 0.221.